The molecule has 0 N–H and O–H groups in total. The first-order valence-corrected chi connectivity index (χ1v) is 12.9. The molecule has 0 saturated carbocycles. The van der Waals surface area contributed by atoms with Crippen LogP contribution in [0.25, 0.3) is 0 Å². The zero-order valence-electron chi connectivity index (χ0n) is 17.4. The van der Waals surface area contributed by atoms with E-state index in [4.69, 9.17) is 8.85 Å². The van der Waals surface area contributed by atoms with Crippen molar-refractivity contribution in [3.63, 3.8) is 0 Å². The molecular formula is C23H42O2Si. The molecule has 2 nitrogen and oxygen atoms in total. The molecule has 0 bridgehead atoms. The molecule has 0 aliphatic heterocycles. The Labute approximate surface area is 164 Å². The standard InChI is InChI=1S/C23H42O2Si/c1-3-20-24-26(25-21-4-2)22-16-11-9-7-5-6-8-10-13-17-23-18-14-12-15-19-23/h12,14-15,18-19,26H,3-11,13,16-17,20-22H2,1-2H3. The van der Waals surface area contributed by atoms with Crippen molar-refractivity contribution in [2.45, 2.75) is 96.9 Å². The van der Waals surface area contributed by atoms with Crippen molar-refractivity contribution in [1.29, 1.82) is 0 Å². The second kappa shape index (κ2) is 17.8. The number of aryl methyl sites for hydroxylation is 1. The van der Waals surface area contributed by atoms with Crippen LogP contribution in [0.1, 0.15) is 90.0 Å². The highest BCUT2D eigenvalue weighted by atomic mass is 28.3. The normalized spacial score (nSPS) is 11.3. The van der Waals surface area contributed by atoms with E-state index in [1.54, 1.807) is 0 Å². The number of rotatable bonds is 18. The smallest absolute Gasteiger partial charge is 0.321 e. The van der Waals surface area contributed by atoms with Gasteiger partial charge in [0.05, 0.1) is 0 Å². The van der Waals surface area contributed by atoms with Crippen LogP contribution >= 0.6 is 0 Å². The zero-order chi connectivity index (χ0) is 18.7. The van der Waals surface area contributed by atoms with E-state index in [1.807, 2.05) is 0 Å². The summed E-state index contributed by atoms with van der Waals surface area (Å²) in [6, 6.07) is 12.1. The minimum Gasteiger partial charge on any atom is -0.397 e. The molecule has 1 aromatic rings. The summed E-state index contributed by atoms with van der Waals surface area (Å²) in [5.74, 6) is 0. The van der Waals surface area contributed by atoms with Crippen LogP contribution in [0.5, 0.6) is 0 Å². The van der Waals surface area contributed by atoms with Crippen LogP contribution < -0.4 is 0 Å². The summed E-state index contributed by atoms with van der Waals surface area (Å²) in [6.07, 6.45) is 15.8. The number of unbranched alkanes of at least 4 members (excludes halogenated alkanes) is 8. The Kier molecular flexibility index (Phi) is 16.0. The van der Waals surface area contributed by atoms with E-state index >= 15 is 0 Å². The van der Waals surface area contributed by atoms with Gasteiger partial charge in [-0.2, -0.15) is 0 Å². The van der Waals surface area contributed by atoms with Crippen LogP contribution in [0, 0.1) is 0 Å². The van der Waals surface area contributed by atoms with Crippen LogP contribution in [0.15, 0.2) is 30.3 Å². The molecule has 0 fully saturated rings. The van der Waals surface area contributed by atoms with Gasteiger partial charge in [-0.3, -0.25) is 0 Å². The van der Waals surface area contributed by atoms with E-state index in [-0.39, 0.29) is 0 Å². The Hall–Kier alpha value is -0.643. The third-order valence-electron chi connectivity index (χ3n) is 4.76. The highest BCUT2D eigenvalue weighted by Crippen LogP contribution is 2.14. The van der Waals surface area contributed by atoms with E-state index in [0.29, 0.717) is 0 Å². The van der Waals surface area contributed by atoms with Gasteiger partial charge in [-0.15, -0.1) is 0 Å². The van der Waals surface area contributed by atoms with E-state index in [0.717, 1.165) is 26.1 Å². The molecule has 0 amide bonds. The number of benzene rings is 1. The van der Waals surface area contributed by atoms with E-state index in [9.17, 15) is 0 Å². The lowest BCUT2D eigenvalue weighted by molar-refractivity contribution is 0.195. The molecular weight excluding hydrogens is 336 g/mol. The van der Waals surface area contributed by atoms with Gasteiger partial charge in [-0.1, -0.05) is 95.5 Å². The maximum Gasteiger partial charge on any atom is 0.321 e. The summed E-state index contributed by atoms with van der Waals surface area (Å²) in [6.45, 7) is 6.11. The average molecular weight is 379 g/mol. The monoisotopic (exact) mass is 378 g/mol. The van der Waals surface area contributed by atoms with E-state index in [1.165, 1.54) is 75.8 Å². The van der Waals surface area contributed by atoms with Crippen molar-refractivity contribution >= 4 is 9.28 Å². The molecule has 0 saturated heterocycles. The molecule has 0 atom stereocenters. The zero-order valence-corrected chi connectivity index (χ0v) is 18.5. The molecule has 0 radical (unpaired) electrons. The van der Waals surface area contributed by atoms with Gasteiger partial charge >= 0.3 is 9.28 Å². The second-order valence-corrected chi connectivity index (χ2v) is 9.48. The first-order valence-electron chi connectivity index (χ1n) is 11.1. The van der Waals surface area contributed by atoms with Crippen LogP contribution in [0.3, 0.4) is 0 Å². The maximum absolute atomic E-state index is 5.92. The van der Waals surface area contributed by atoms with Gasteiger partial charge in [0, 0.05) is 13.2 Å². The summed E-state index contributed by atoms with van der Waals surface area (Å²) in [4.78, 5) is 0. The SMILES string of the molecule is CCCO[SiH](CCCCCCCCCCCc1ccccc1)OCCC. The number of hydrogen-bond acceptors (Lipinski definition) is 2. The molecule has 0 spiro atoms. The predicted octanol–water partition coefficient (Wildman–Crippen LogP) is 6.81. The van der Waals surface area contributed by atoms with Crippen LogP contribution in [0.2, 0.25) is 6.04 Å². The van der Waals surface area contributed by atoms with E-state index < -0.39 is 9.28 Å². The van der Waals surface area contributed by atoms with Crippen molar-refractivity contribution in [2.24, 2.45) is 0 Å². The lowest BCUT2D eigenvalue weighted by Crippen LogP contribution is -2.23. The van der Waals surface area contributed by atoms with Gasteiger partial charge in [0.2, 0.25) is 0 Å². The molecule has 1 aromatic carbocycles. The summed E-state index contributed by atoms with van der Waals surface area (Å²) >= 11 is 0. The van der Waals surface area contributed by atoms with Gasteiger partial charge in [0.25, 0.3) is 0 Å². The van der Waals surface area contributed by atoms with Gasteiger partial charge < -0.3 is 8.85 Å². The summed E-state index contributed by atoms with van der Waals surface area (Å²) in [5, 5.41) is 0. The fraction of sp³-hybridized carbons (Fsp3) is 0.739. The van der Waals surface area contributed by atoms with Crippen molar-refractivity contribution in [1.82, 2.24) is 0 Å². The minimum atomic E-state index is -1.37. The first-order chi connectivity index (χ1) is 12.9. The lowest BCUT2D eigenvalue weighted by Gasteiger charge is -2.16. The summed E-state index contributed by atoms with van der Waals surface area (Å²) < 4.78 is 11.8. The van der Waals surface area contributed by atoms with Gasteiger partial charge in [-0.25, -0.2) is 0 Å². The van der Waals surface area contributed by atoms with E-state index in [2.05, 4.69) is 44.2 Å². The Morgan fingerprint density at radius 2 is 1.15 bits per heavy atom. The molecule has 0 aliphatic rings. The molecule has 26 heavy (non-hydrogen) atoms. The van der Waals surface area contributed by atoms with Crippen molar-refractivity contribution in [3.05, 3.63) is 35.9 Å². The Morgan fingerprint density at radius 1 is 0.654 bits per heavy atom. The minimum absolute atomic E-state index is 0.880. The van der Waals surface area contributed by atoms with Gasteiger partial charge in [0.1, 0.15) is 0 Å². The Morgan fingerprint density at radius 3 is 1.69 bits per heavy atom. The molecule has 3 heteroatoms. The molecule has 1 rings (SSSR count). The highest BCUT2D eigenvalue weighted by Gasteiger charge is 2.12. The fourth-order valence-electron chi connectivity index (χ4n) is 3.24. The van der Waals surface area contributed by atoms with Crippen LogP contribution in [0.4, 0.5) is 0 Å². The van der Waals surface area contributed by atoms with Crippen LogP contribution in [-0.2, 0) is 15.3 Å². The molecule has 0 heterocycles. The highest BCUT2D eigenvalue weighted by molar-refractivity contribution is 6.44. The largest absolute Gasteiger partial charge is 0.397 e. The first kappa shape index (κ1) is 23.4. The lowest BCUT2D eigenvalue weighted by atomic mass is 10.0. The quantitative estimate of drug-likeness (QED) is 0.206. The summed E-state index contributed by atoms with van der Waals surface area (Å²) in [7, 11) is -1.37. The second-order valence-electron chi connectivity index (χ2n) is 7.38. The van der Waals surface area contributed by atoms with Crippen molar-refractivity contribution in [3.8, 4) is 0 Å². The third kappa shape index (κ3) is 13.5. The van der Waals surface area contributed by atoms with Crippen LogP contribution in [-0.4, -0.2) is 22.5 Å². The Balaban J connectivity index is 1.87. The van der Waals surface area contributed by atoms with Crippen molar-refractivity contribution in [2.75, 3.05) is 13.2 Å². The van der Waals surface area contributed by atoms with Gasteiger partial charge in [0.15, 0.2) is 0 Å². The van der Waals surface area contributed by atoms with Crippen molar-refractivity contribution < 1.29 is 8.85 Å². The third-order valence-corrected chi connectivity index (χ3v) is 6.86. The maximum atomic E-state index is 5.92. The fourth-order valence-corrected chi connectivity index (χ4v) is 5.28. The Bertz CT molecular complexity index is 388. The molecule has 0 aliphatic carbocycles. The topological polar surface area (TPSA) is 18.5 Å². The average Bonchev–Trinajstić information content (AvgIpc) is 2.68. The molecule has 0 unspecified atom stereocenters. The number of hydrogen-bond donors (Lipinski definition) is 0. The predicted molar refractivity (Wildman–Crippen MR) is 116 cm³/mol. The summed E-state index contributed by atoms with van der Waals surface area (Å²) in [5.41, 5.74) is 1.49. The molecule has 0 aromatic heterocycles. The van der Waals surface area contributed by atoms with Gasteiger partial charge in [-0.05, 0) is 37.3 Å². The molecule has 150 valence electrons.